The molecule has 0 unspecified atom stereocenters. The Kier molecular flexibility index (Phi) is 4.84. The van der Waals surface area contributed by atoms with Crippen LogP contribution in [0.3, 0.4) is 0 Å². The Morgan fingerprint density at radius 2 is 2.12 bits per heavy atom. The molecule has 3 heterocycles. The fourth-order valence-electron chi connectivity index (χ4n) is 3.42. The highest BCUT2D eigenvalue weighted by molar-refractivity contribution is 7.08. The van der Waals surface area contributed by atoms with E-state index in [-0.39, 0.29) is 11.9 Å². The van der Waals surface area contributed by atoms with Gasteiger partial charge in [0.05, 0.1) is 6.04 Å². The predicted molar refractivity (Wildman–Crippen MR) is 101 cm³/mol. The summed E-state index contributed by atoms with van der Waals surface area (Å²) in [5, 5.41) is 12.1. The van der Waals surface area contributed by atoms with Crippen LogP contribution in [0.5, 0.6) is 0 Å². The van der Waals surface area contributed by atoms with Crippen molar-refractivity contribution in [3.05, 3.63) is 58.1 Å². The number of amides is 1. The number of thiophene rings is 1. The van der Waals surface area contributed by atoms with Gasteiger partial charge in [-0.2, -0.15) is 11.3 Å². The van der Waals surface area contributed by atoms with Gasteiger partial charge in [-0.1, -0.05) is 29.8 Å². The zero-order valence-corrected chi connectivity index (χ0v) is 15.5. The van der Waals surface area contributed by atoms with Crippen LogP contribution >= 0.6 is 11.3 Å². The second-order valence-corrected chi connectivity index (χ2v) is 7.45. The Balaban J connectivity index is 1.39. The van der Waals surface area contributed by atoms with Crippen LogP contribution in [0.15, 0.2) is 45.5 Å². The number of rotatable bonds is 5. The zero-order chi connectivity index (χ0) is 17.9. The van der Waals surface area contributed by atoms with Crippen molar-refractivity contribution in [2.45, 2.75) is 38.6 Å². The van der Waals surface area contributed by atoms with Gasteiger partial charge < -0.3 is 9.32 Å². The lowest BCUT2D eigenvalue weighted by atomic mass is 10.0. The van der Waals surface area contributed by atoms with Crippen LogP contribution in [0.1, 0.15) is 42.3 Å². The number of carbonyl (C=O) groups is 1. The van der Waals surface area contributed by atoms with Gasteiger partial charge in [0.1, 0.15) is 0 Å². The summed E-state index contributed by atoms with van der Waals surface area (Å²) in [6, 6.07) is 10.6. The minimum atomic E-state index is 0.156. The maximum atomic E-state index is 12.7. The number of benzene rings is 1. The lowest BCUT2D eigenvalue weighted by Gasteiger charge is -2.25. The molecule has 1 fully saturated rings. The van der Waals surface area contributed by atoms with Gasteiger partial charge in [-0.05, 0) is 36.8 Å². The fourth-order valence-corrected chi connectivity index (χ4v) is 4.05. The maximum absolute atomic E-state index is 12.7. The summed E-state index contributed by atoms with van der Waals surface area (Å²) >= 11 is 1.59. The van der Waals surface area contributed by atoms with E-state index in [2.05, 4.69) is 41.4 Å². The van der Waals surface area contributed by atoms with Crippen molar-refractivity contribution in [3.63, 3.8) is 0 Å². The highest BCUT2D eigenvalue weighted by Gasteiger charge is 2.29. The monoisotopic (exact) mass is 367 g/mol. The predicted octanol–water partition coefficient (Wildman–Crippen LogP) is 4.40. The lowest BCUT2D eigenvalue weighted by molar-refractivity contribution is -0.132. The minimum absolute atomic E-state index is 0.156. The molecular formula is C20H21N3O2S. The summed E-state index contributed by atoms with van der Waals surface area (Å²) in [6.45, 7) is 2.90. The number of hydrogen-bond donors (Lipinski definition) is 0. The molecule has 0 aliphatic carbocycles. The number of aromatic nitrogens is 2. The summed E-state index contributed by atoms with van der Waals surface area (Å²) in [5.74, 6) is 1.20. The summed E-state index contributed by atoms with van der Waals surface area (Å²) < 4.78 is 5.68. The van der Waals surface area contributed by atoms with Crippen molar-refractivity contribution in [2.24, 2.45) is 0 Å². The third-order valence-electron chi connectivity index (χ3n) is 4.82. The molecule has 0 N–H and O–H groups in total. The van der Waals surface area contributed by atoms with Crippen LogP contribution < -0.4 is 0 Å². The Hall–Kier alpha value is -2.47. The first-order chi connectivity index (χ1) is 12.7. The Labute approximate surface area is 156 Å². The molecule has 5 nitrogen and oxygen atoms in total. The Morgan fingerprint density at radius 1 is 1.27 bits per heavy atom. The SMILES string of the molecule is Cc1ccc([C@@H]2CCCN2C(=O)CCc2nnc(-c3ccsc3)o2)cc1. The number of hydrogen-bond acceptors (Lipinski definition) is 5. The quantitative estimate of drug-likeness (QED) is 0.670. The summed E-state index contributed by atoms with van der Waals surface area (Å²) in [6.07, 6.45) is 2.95. The van der Waals surface area contributed by atoms with Gasteiger partial charge >= 0.3 is 0 Å². The molecule has 2 aromatic heterocycles. The molecule has 0 saturated carbocycles. The standard InChI is InChI=1S/C20H21N3O2S/c1-14-4-6-15(7-5-14)17-3-2-11-23(17)19(24)9-8-18-21-22-20(25-18)16-10-12-26-13-16/h4-7,10,12-13,17H,2-3,8-9,11H2,1H3/t17-/m0/s1. The van der Waals surface area contributed by atoms with E-state index in [4.69, 9.17) is 4.42 Å². The Morgan fingerprint density at radius 3 is 2.88 bits per heavy atom. The third kappa shape index (κ3) is 3.55. The smallest absolute Gasteiger partial charge is 0.248 e. The summed E-state index contributed by atoms with van der Waals surface area (Å²) in [4.78, 5) is 14.7. The van der Waals surface area contributed by atoms with Gasteiger partial charge in [-0.3, -0.25) is 4.79 Å². The van der Waals surface area contributed by atoms with Crippen molar-refractivity contribution in [1.82, 2.24) is 15.1 Å². The molecule has 0 radical (unpaired) electrons. The normalized spacial score (nSPS) is 17.0. The highest BCUT2D eigenvalue weighted by atomic mass is 32.1. The molecule has 3 aromatic rings. The van der Waals surface area contributed by atoms with E-state index in [0.29, 0.717) is 24.6 Å². The zero-order valence-electron chi connectivity index (χ0n) is 14.7. The van der Waals surface area contributed by atoms with Crippen LogP contribution in [0.25, 0.3) is 11.5 Å². The first-order valence-electron chi connectivity index (χ1n) is 8.92. The van der Waals surface area contributed by atoms with E-state index in [1.54, 1.807) is 11.3 Å². The molecule has 0 bridgehead atoms. The number of carbonyl (C=O) groups excluding carboxylic acids is 1. The largest absolute Gasteiger partial charge is 0.421 e. The van der Waals surface area contributed by atoms with Crippen LogP contribution in [0, 0.1) is 6.92 Å². The van der Waals surface area contributed by atoms with E-state index in [9.17, 15) is 4.79 Å². The minimum Gasteiger partial charge on any atom is -0.421 e. The van der Waals surface area contributed by atoms with E-state index in [1.807, 2.05) is 21.7 Å². The van der Waals surface area contributed by atoms with E-state index < -0.39 is 0 Å². The molecule has 0 spiro atoms. The second kappa shape index (κ2) is 7.41. The van der Waals surface area contributed by atoms with Crippen LogP contribution in [0.4, 0.5) is 0 Å². The van der Waals surface area contributed by atoms with Crippen LogP contribution in [0.2, 0.25) is 0 Å². The summed E-state index contributed by atoms with van der Waals surface area (Å²) in [5.41, 5.74) is 3.39. The molecule has 6 heteroatoms. The van der Waals surface area contributed by atoms with Crippen molar-refractivity contribution >= 4 is 17.2 Å². The van der Waals surface area contributed by atoms with E-state index in [0.717, 1.165) is 24.9 Å². The number of likely N-dealkylation sites (tertiary alicyclic amines) is 1. The van der Waals surface area contributed by atoms with Gasteiger partial charge in [-0.25, -0.2) is 0 Å². The van der Waals surface area contributed by atoms with Gasteiger partial charge in [-0.15, -0.1) is 10.2 Å². The fraction of sp³-hybridized carbons (Fsp3) is 0.350. The first-order valence-corrected chi connectivity index (χ1v) is 9.86. The van der Waals surface area contributed by atoms with Gasteiger partial charge in [0.25, 0.3) is 0 Å². The van der Waals surface area contributed by atoms with Gasteiger partial charge in [0.15, 0.2) is 0 Å². The molecule has 1 aliphatic heterocycles. The first kappa shape index (κ1) is 17.0. The third-order valence-corrected chi connectivity index (χ3v) is 5.51. The van der Waals surface area contributed by atoms with Crippen LogP contribution in [-0.2, 0) is 11.2 Å². The molecule has 134 valence electrons. The maximum Gasteiger partial charge on any atom is 0.248 e. The molecule has 1 atom stereocenters. The number of nitrogens with zero attached hydrogens (tertiary/aromatic N) is 3. The lowest BCUT2D eigenvalue weighted by Crippen LogP contribution is -2.30. The van der Waals surface area contributed by atoms with Crippen LogP contribution in [-0.4, -0.2) is 27.5 Å². The van der Waals surface area contributed by atoms with E-state index >= 15 is 0 Å². The van der Waals surface area contributed by atoms with Crippen molar-refractivity contribution < 1.29 is 9.21 Å². The molecule has 1 aliphatic rings. The topological polar surface area (TPSA) is 59.2 Å². The van der Waals surface area contributed by atoms with E-state index in [1.165, 1.54) is 11.1 Å². The molecular weight excluding hydrogens is 346 g/mol. The number of aryl methyl sites for hydroxylation is 2. The molecule has 4 rings (SSSR count). The van der Waals surface area contributed by atoms with Gasteiger partial charge in [0, 0.05) is 30.3 Å². The van der Waals surface area contributed by atoms with Crippen molar-refractivity contribution in [3.8, 4) is 11.5 Å². The Bertz CT molecular complexity index is 871. The summed E-state index contributed by atoms with van der Waals surface area (Å²) in [7, 11) is 0. The van der Waals surface area contributed by atoms with Gasteiger partial charge in [0.2, 0.25) is 17.7 Å². The molecule has 1 aromatic carbocycles. The highest BCUT2D eigenvalue weighted by Crippen LogP contribution is 2.32. The average Bonchev–Trinajstić information content (AvgIpc) is 3.40. The van der Waals surface area contributed by atoms with Crippen molar-refractivity contribution in [1.29, 1.82) is 0 Å². The average molecular weight is 367 g/mol. The second-order valence-electron chi connectivity index (χ2n) is 6.67. The molecule has 1 saturated heterocycles. The molecule has 26 heavy (non-hydrogen) atoms. The van der Waals surface area contributed by atoms with Crippen molar-refractivity contribution in [2.75, 3.05) is 6.54 Å². The molecule has 1 amide bonds.